The summed E-state index contributed by atoms with van der Waals surface area (Å²) in [5.41, 5.74) is 4.44. The highest BCUT2D eigenvalue weighted by molar-refractivity contribution is 6.02. The number of fused-ring (bicyclic) bond motifs is 1. The molecule has 2 N–H and O–H groups in total. The highest BCUT2D eigenvalue weighted by Crippen LogP contribution is 2.22. The van der Waals surface area contributed by atoms with E-state index in [0.29, 0.717) is 0 Å². The first-order chi connectivity index (χ1) is 10.3. The second kappa shape index (κ2) is 6.37. The zero-order chi connectivity index (χ0) is 14.5. The van der Waals surface area contributed by atoms with Gasteiger partial charge in [-0.2, -0.15) is 0 Å². The van der Waals surface area contributed by atoms with Crippen molar-refractivity contribution in [1.82, 2.24) is 5.32 Å². The summed E-state index contributed by atoms with van der Waals surface area (Å²) in [6.07, 6.45) is 4.41. The average molecular weight is 278 g/mol. The van der Waals surface area contributed by atoms with Crippen LogP contribution in [0.4, 0.5) is 5.69 Å². The molecule has 0 spiro atoms. The number of amides is 1. The van der Waals surface area contributed by atoms with Gasteiger partial charge in [-0.25, -0.2) is 0 Å². The van der Waals surface area contributed by atoms with E-state index in [1.807, 2.05) is 48.5 Å². The first kappa shape index (κ1) is 13.6. The SMILES string of the molecule is O=C(/C=C/c1ccccc1)Nc1cccc2c1CNCC2. The molecule has 0 aliphatic carbocycles. The molecule has 2 aromatic carbocycles. The van der Waals surface area contributed by atoms with Gasteiger partial charge in [0.25, 0.3) is 0 Å². The number of benzene rings is 2. The van der Waals surface area contributed by atoms with Gasteiger partial charge < -0.3 is 10.6 Å². The van der Waals surface area contributed by atoms with Crippen molar-refractivity contribution in [3.05, 3.63) is 71.3 Å². The van der Waals surface area contributed by atoms with Crippen molar-refractivity contribution in [2.45, 2.75) is 13.0 Å². The molecule has 1 amide bonds. The summed E-state index contributed by atoms with van der Waals surface area (Å²) in [6.45, 7) is 1.81. The normalized spacial score (nSPS) is 13.9. The Morgan fingerprint density at radius 3 is 2.81 bits per heavy atom. The molecule has 3 nitrogen and oxygen atoms in total. The van der Waals surface area contributed by atoms with E-state index in [2.05, 4.69) is 16.7 Å². The Morgan fingerprint density at radius 1 is 1.10 bits per heavy atom. The summed E-state index contributed by atoms with van der Waals surface area (Å²) in [5, 5.41) is 6.32. The molecule has 2 aromatic rings. The quantitative estimate of drug-likeness (QED) is 0.847. The van der Waals surface area contributed by atoms with E-state index in [9.17, 15) is 4.79 Å². The van der Waals surface area contributed by atoms with Gasteiger partial charge in [-0.1, -0.05) is 42.5 Å². The van der Waals surface area contributed by atoms with Crippen LogP contribution in [-0.2, 0) is 17.8 Å². The Hall–Kier alpha value is -2.39. The number of hydrogen-bond acceptors (Lipinski definition) is 2. The first-order valence-electron chi connectivity index (χ1n) is 7.18. The minimum Gasteiger partial charge on any atom is -0.322 e. The van der Waals surface area contributed by atoms with Crippen LogP contribution < -0.4 is 10.6 Å². The fraction of sp³-hybridized carbons (Fsp3) is 0.167. The van der Waals surface area contributed by atoms with Crippen LogP contribution in [0.5, 0.6) is 0 Å². The Labute approximate surface area is 124 Å². The van der Waals surface area contributed by atoms with E-state index in [-0.39, 0.29) is 5.91 Å². The number of carbonyl (C=O) groups excluding carboxylic acids is 1. The maximum Gasteiger partial charge on any atom is 0.248 e. The van der Waals surface area contributed by atoms with Gasteiger partial charge in [0.1, 0.15) is 0 Å². The van der Waals surface area contributed by atoms with E-state index >= 15 is 0 Å². The second-order valence-electron chi connectivity index (χ2n) is 5.10. The van der Waals surface area contributed by atoms with Gasteiger partial charge in [-0.3, -0.25) is 4.79 Å². The molecule has 0 bridgehead atoms. The van der Waals surface area contributed by atoms with Gasteiger partial charge >= 0.3 is 0 Å². The van der Waals surface area contributed by atoms with Gasteiger partial charge in [0.05, 0.1) is 0 Å². The monoisotopic (exact) mass is 278 g/mol. The Bertz CT molecular complexity index is 662. The lowest BCUT2D eigenvalue weighted by atomic mass is 9.99. The third kappa shape index (κ3) is 3.38. The predicted molar refractivity (Wildman–Crippen MR) is 86.0 cm³/mol. The Morgan fingerprint density at radius 2 is 1.95 bits per heavy atom. The first-order valence-corrected chi connectivity index (χ1v) is 7.18. The highest BCUT2D eigenvalue weighted by atomic mass is 16.1. The van der Waals surface area contributed by atoms with Crippen molar-refractivity contribution in [1.29, 1.82) is 0 Å². The minimum absolute atomic E-state index is 0.0992. The molecule has 0 aromatic heterocycles. The molecule has 1 aliphatic heterocycles. The molecule has 1 heterocycles. The summed E-state index contributed by atoms with van der Waals surface area (Å²) in [6, 6.07) is 15.9. The van der Waals surface area contributed by atoms with Crippen molar-refractivity contribution >= 4 is 17.7 Å². The fourth-order valence-electron chi connectivity index (χ4n) is 2.54. The van der Waals surface area contributed by atoms with Crippen LogP contribution in [0.25, 0.3) is 6.08 Å². The van der Waals surface area contributed by atoms with Crippen LogP contribution in [0.2, 0.25) is 0 Å². The largest absolute Gasteiger partial charge is 0.322 e. The number of nitrogens with one attached hydrogen (secondary N) is 2. The molecule has 106 valence electrons. The maximum atomic E-state index is 12.1. The third-order valence-electron chi connectivity index (χ3n) is 3.63. The lowest BCUT2D eigenvalue weighted by Crippen LogP contribution is -2.25. The third-order valence-corrected chi connectivity index (χ3v) is 3.63. The van der Waals surface area contributed by atoms with Crippen LogP contribution in [-0.4, -0.2) is 12.5 Å². The van der Waals surface area contributed by atoms with Crippen molar-refractivity contribution in [3.8, 4) is 0 Å². The maximum absolute atomic E-state index is 12.1. The summed E-state index contributed by atoms with van der Waals surface area (Å²) in [4.78, 5) is 12.1. The molecule has 0 radical (unpaired) electrons. The number of hydrogen-bond donors (Lipinski definition) is 2. The zero-order valence-electron chi connectivity index (χ0n) is 11.8. The lowest BCUT2D eigenvalue weighted by Gasteiger charge is -2.20. The lowest BCUT2D eigenvalue weighted by molar-refractivity contribution is -0.111. The van der Waals surface area contributed by atoms with E-state index in [4.69, 9.17) is 0 Å². The summed E-state index contributed by atoms with van der Waals surface area (Å²) >= 11 is 0. The second-order valence-corrected chi connectivity index (χ2v) is 5.10. The standard InChI is InChI=1S/C18H18N2O/c21-18(10-9-14-5-2-1-3-6-14)20-17-8-4-7-15-11-12-19-13-16(15)17/h1-10,19H,11-13H2,(H,20,21)/b10-9+. The molecule has 0 fully saturated rings. The fourth-order valence-corrected chi connectivity index (χ4v) is 2.54. The van der Waals surface area contributed by atoms with Crippen LogP contribution in [0.3, 0.4) is 0 Å². The summed E-state index contributed by atoms with van der Waals surface area (Å²) < 4.78 is 0. The molecule has 0 unspecified atom stereocenters. The Balaban J connectivity index is 1.72. The van der Waals surface area contributed by atoms with Crippen LogP contribution in [0.1, 0.15) is 16.7 Å². The van der Waals surface area contributed by atoms with Gasteiger partial charge in [-0.05, 0) is 41.8 Å². The molecule has 0 atom stereocenters. The molecule has 0 saturated carbocycles. The van der Waals surface area contributed by atoms with Gasteiger partial charge in [-0.15, -0.1) is 0 Å². The predicted octanol–water partition coefficient (Wildman–Crippen LogP) is 2.98. The molecular weight excluding hydrogens is 260 g/mol. The highest BCUT2D eigenvalue weighted by Gasteiger charge is 2.13. The molecule has 3 rings (SSSR count). The van der Waals surface area contributed by atoms with Crippen molar-refractivity contribution in [3.63, 3.8) is 0 Å². The smallest absolute Gasteiger partial charge is 0.248 e. The number of anilines is 1. The van der Waals surface area contributed by atoms with E-state index < -0.39 is 0 Å². The van der Waals surface area contributed by atoms with Gasteiger partial charge in [0.15, 0.2) is 0 Å². The van der Waals surface area contributed by atoms with E-state index in [1.165, 1.54) is 11.1 Å². The van der Waals surface area contributed by atoms with E-state index in [0.717, 1.165) is 30.8 Å². The molecule has 3 heteroatoms. The van der Waals surface area contributed by atoms with Gasteiger partial charge in [0, 0.05) is 18.3 Å². The van der Waals surface area contributed by atoms with Gasteiger partial charge in [0.2, 0.25) is 5.91 Å². The summed E-state index contributed by atoms with van der Waals surface area (Å²) in [7, 11) is 0. The van der Waals surface area contributed by atoms with Crippen molar-refractivity contribution in [2.75, 3.05) is 11.9 Å². The molecule has 0 saturated heterocycles. The minimum atomic E-state index is -0.0992. The van der Waals surface area contributed by atoms with E-state index in [1.54, 1.807) is 6.08 Å². The molecule has 1 aliphatic rings. The summed E-state index contributed by atoms with van der Waals surface area (Å²) in [5.74, 6) is -0.0992. The van der Waals surface area contributed by atoms with Crippen LogP contribution in [0.15, 0.2) is 54.6 Å². The van der Waals surface area contributed by atoms with Crippen molar-refractivity contribution in [2.24, 2.45) is 0 Å². The zero-order valence-corrected chi connectivity index (χ0v) is 11.8. The molecular formula is C18H18N2O. The number of carbonyl (C=O) groups is 1. The van der Waals surface area contributed by atoms with Crippen LogP contribution >= 0.6 is 0 Å². The number of rotatable bonds is 3. The Kier molecular flexibility index (Phi) is 4.12. The average Bonchev–Trinajstić information content (AvgIpc) is 2.54. The topological polar surface area (TPSA) is 41.1 Å². The molecule has 21 heavy (non-hydrogen) atoms. The van der Waals surface area contributed by atoms with Crippen molar-refractivity contribution < 1.29 is 4.79 Å². The van der Waals surface area contributed by atoms with Crippen LogP contribution in [0, 0.1) is 0 Å².